The predicted octanol–water partition coefficient (Wildman–Crippen LogP) is 3.25. The lowest BCUT2D eigenvalue weighted by molar-refractivity contribution is 0.116. The van der Waals surface area contributed by atoms with E-state index in [-0.39, 0.29) is 19.0 Å². The first-order valence-corrected chi connectivity index (χ1v) is 7.11. The van der Waals surface area contributed by atoms with E-state index in [0.29, 0.717) is 11.4 Å². The third-order valence-electron chi connectivity index (χ3n) is 3.88. The van der Waals surface area contributed by atoms with Gasteiger partial charge in [-0.15, -0.1) is 0 Å². The van der Waals surface area contributed by atoms with Gasteiger partial charge in [0, 0.05) is 10.4 Å². The average Bonchev–Trinajstić information content (AvgIpc) is 2.48. The van der Waals surface area contributed by atoms with Gasteiger partial charge in [0.1, 0.15) is 5.82 Å². The number of hydrogen-bond donors (Lipinski definition) is 2. The Morgan fingerprint density at radius 2 is 1.81 bits per heavy atom. The Kier molecular flexibility index (Phi) is 4.99. The van der Waals surface area contributed by atoms with Crippen LogP contribution in [0.25, 0.3) is 0 Å². The van der Waals surface area contributed by atoms with Crippen molar-refractivity contribution in [1.82, 2.24) is 0 Å². The van der Waals surface area contributed by atoms with Gasteiger partial charge in [0.25, 0.3) is 0 Å². The number of hydrogen-bond acceptors (Lipinski definition) is 2. The Morgan fingerprint density at radius 1 is 1.10 bits per heavy atom. The molecule has 0 aromatic heterocycles. The molecule has 0 spiro atoms. The van der Waals surface area contributed by atoms with Gasteiger partial charge >= 0.3 is 0 Å². The molecule has 112 valence electrons. The van der Waals surface area contributed by atoms with Gasteiger partial charge in [-0.05, 0) is 54.3 Å². The molecule has 2 rings (SSSR count). The summed E-state index contributed by atoms with van der Waals surface area (Å²) in [6.07, 6.45) is 0.337. The van der Waals surface area contributed by atoms with Crippen molar-refractivity contribution in [3.8, 4) is 0 Å². The predicted molar refractivity (Wildman–Crippen MR) is 82.1 cm³/mol. The number of aliphatic hydroxyl groups excluding tert-OH is 2. The fraction of sp³-hybridized carbons (Fsp3) is 0.294. The fourth-order valence-corrected chi connectivity index (χ4v) is 2.65. The quantitative estimate of drug-likeness (QED) is 0.890. The first kappa shape index (κ1) is 16.0. The van der Waals surface area contributed by atoms with Crippen LogP contribution >= 0.6 is 11.6 Å². The average molecular weight is 309 g/mol. The summed E-state index contributed by atoms with van der Waals surface area (Å²) in [6, 6.07) is 11.6. The van der Waals surface area contributed by atoms with Crippen LogP contribution < -0.4 is 0 Å². The minimum Gasteiger partial charge on any atom is -0.395 e. The third-order valence-corrected chi connectivity index (χ3v) is 4.12. The summed E-state index contributed by atoms with van der Waals surface area (Å²) < 4.78 is 13.5. The van der Waals surface area contributed by atoms with Gasteiger partial charge in [0.2, 0.25) is 0 Å². The minimum absolute atomic E-state index is 0.250. The molecule has 4 heteroatoms. The lowest BCUT2D eigenvalue weighted by Gasteiger charge is -2.31. The number of aryl methyl sites for hydroxylation is 1. The van der Waals surface area contributed by atoms with E-state index < -0.39 is 5.41 Å². The largest absolute Gasteiger partial charge is 0.395 e. The van der Waals surface area contributed by atoms with E-state index in [0.717, 1.165) is 16.7 Å². The van der Waals surface area contributed by atoms with Crippen LogP contribution in [-0.4, -0.2) is 23.4 Å². The molecule has 0 radical (unpaired) electrons. The second-order valence-corrected chi connectivity index (χ2v) is 5.79. The molecule has 0 atom stereocenters. The molecule has 2 aromatic rings. The highest BCUT2D eigenvalue weighted by Crippen LogP contribution is 2.31. The Balaban J connectivity index is 2.45. The van der Waals surface area contributed by atoms with Crippen LogP contribution in [0.1, 0.15) is 16.7 Å². The van der Waals surface area contributed by atoms with Crippen LogP contribution in [0.5, 0.6) is 0 Å². The van der Waals surface area contributed by atoms with E-state index in [1.807, 2.05) is 13.0 Å². The van der Waals surface area contributed by atoms with Crippen LogP contribution in [0.2, 0.25) is 5.02 Å². The Morgan fingerprint density at radius 3 is 2.43 bits per heavy atom. The highest BCUT2D eigenvalue weighted by Gasteiger charge is 2.32. The molecule has 0 aliphatic heterocycles. The van der Waals surface area contributed by atoms with Crippen molar-refractivity contribution >= 4 is 11.6 Å². The van der Waals surface area contributed by atoms with Gasteiger partial charge in [-0.2, -0.15) is 0 Å². The van der Waals surface area contributed by atoms with Crippen LogP contribution in [0.4, 0.5) is 4.39 Å². The number of rotatable bonds is 5. The smallest absolute Gasteiger partial charge is 0.123 e. The van der Waals surface area contributed by atoms with Gasteiger partial charge in [0.05, 0.1) is 13.2 Å². The molecule has 0 amide bonds. The molecular formula is C17H18ClFO2. The molecule has 0 bridgehead atoms. The molecule has 0 fully saturated rings. The molecule has 2 aromatic carbocycles. The van der Waals surface area contributed by atoms with Crippen molar-refractivity contribution in [3.05, 3.63) is 70.0 Å². The van der Waals surface area contributed by atoms with E-state index in [4.69, 9.17) is 11.6 Å². The maximum absolute atomic E-state index is 13.5. The van der Waals surface area contributed by atoms with E-state index in [1.165, 1.54) is 12.1 Å². The summed E-state index contributed by atoms with van der Waals surface area (Å²) in [5, 5.41) is 20.2. The monoisotopic (exact) mass is 308 g/mol. The van der Waals surface area contributed by atoms with Gasteiger partial charge < -0.3 is 10.2 Å². The standard InChI is InChI=1S/C17H18ClFO2/c1-12-5-6-16(19)7-13(12)9-17(10-20,11-21)14-3-2-4-15(18)8-14/h2-8,20-21H,9-11H2,1H3. The van der Waals surface area contributed by atoms with Gasteiger partial charge in [-0.3, -0.25) is 0 Å². The van der Waals surface area contributed by atoms with E-state index in [9.17, 15) is 14.6 Å². The summed E-state index contributed by atoms with van der Waals surface area (Å²) in [7, 11) is 0. The van der Waals surface area contributed by atoms with Crippen molar-refractivity contribution in [2.75, 3.05) is 13.2 Å². The molecule has 0 unspecified atom stereocenters. The van der Waals surface area contributed by atoms with Crippen molar-refractivity contribution in [2.24, 2.45) is 0 Å². The van der Waals surface area contributed by atoms with E-state index in [2.05, 4.69) is 0 Å². The van der Waals surface area contributed by atoms with Crippen LogP contribution in [-0.2, 0) is 11.8 Å². The molecule has 2 nitrogen and oxygen atoms in total. The zero-order valence-corrected chi connectivity index (χ0v) is 12.6. The maximum atomic E-state index is 13.5. The van der Waals surface area contributed by atoms with Crippen molar-refractivity contribution in [3.63, 3.8) is 0 Å². The van der Waals surface area contributed by atoms with Gasteiger partial charge in [0.15, 0.2) is 0 Å². The van der Waals surface area contributed by atoms with Crippen LogP contribution in [0.3, 0.4) is 0 Å². The highest BCUT2D eigenvalue weighted by molar-refractivity contribution is 6.30. The summed E-state index contributed by atoms with van der Waals surface area (Å²) >= 11 is 6.00. The van der Waals surface area contributed by atoms with Crippen LogP contribution in [0, 0.1) is 12.7 Å². The Hall–Kier alpha value is -1.42. The fourth-order valence-electron chi connectivity index (χ4n) is 2.46. The normalized spacial score (nSPS) is 11.7. The molecule has 21 heavy (non-hydrogen) atoms. The Bertz CT molecular complexity index is 624. The zero-order chi connectivity index (χ0) is 15.5. The SMILES string of the molecule is Cc1ccc(F)cc1CC(CO)(CO)c1cccc(Cl)c1. The van der Waals surface area contributed by atoms with E-state index >= 15 is 0 Å². The minimum atomic E-state index is -0.885. The number of halogens is 2. The van der Waals surface area contributed by atoms with E-state index in [1.54, 1.807) is 24.3 Å². The second-order valence-electron chi connectivity index (χ2n) is 5.35. The molecule has 0 saturated carbocycles. The molecule has 0 saturated heterocycles. The Labute approximate surface area is 128 Å². The molecule has 0 aliphatic carbocycles. The summed E-state index contributed by atoms with van der Waals surface area (Å²) in [6.45, 7) is 1.38. The highest BCUT2D eigenvalue weighted by atomic mass is 35.5. The lowest BCUT2D eigenvalue weighted by Crippen LogP contribution is -2.37. The molecule has 0 aliphatic rings. The zero-order valence-electron chi connectivity index (χ0n) is 11.8. The first-order valence-electron chi connectivity index (χ1n) is 6.73. The number of aliphatic hydroxyl groups is 2. The van der Waals surface area contributed by atoms with Crippen molar-refractivity contribution in [2.45, 2.75) is 18.8 Å². The summed E-state index contributed by atoms with van der Waals surface area (Å²) in [5.41, 5.74) is 1.54. The number of benzene rings is 2. The summed E-state index contributed by atoms with van der Waals surface area (Å²) in [4.78, 5) is 0. The maximum Gasteiger partial charge on any atom is 0.123 e. The van der Waals surface area contributed by atoms with Crippen molar-refractivity contribution in [1.29, 1.82) is 0 Å². The van der Waals surface area contributed by atoms with Crippen LogP contribution in [0.15, 0.2) is 42.5 Å². The molecule has 0 heterocycles. The van der Waals surface area contributed by atoms with Gasteiger partial charge in [-0.1, -0.05) is 29.8 Å². The topological polar surface area (TPSA) is 40.5 Å². The molecular weight excluding hydrogens is 291 g/mol. The first-order chi connectivity index (χ1) is 10.0. The second kappa shape index (κ2) is 6.56. The summed E-state index contributed by atoms with van der Waals surface area (Å²) in [5.74, 6) is -0.327. The lowest BCUT2D eigenvalue weighted by atomic mass is 9.76. The molecule has 2 N–H and O–H groups in total. The van der Waals surface area contributed by atoms with Gasteiger partial charge in [-0.25, -0.2) is 4.39 Å². The van der Waals surface area contributed by atoms with Crippen molar-refractivity contribution < 1.29 is 14.6 Å². The third kappa shape index (κ3) is 3.43.